The summed E-state index contributed by atoms with van der Waals surface area (Å²) in [4.78, 5) is 0. The van der Waals surface area contributed by atoms with Crippen molar-refractivity contribution >= 4 is 0 Å². The molecule has 0 amide bonds. The van der Waals surface area contributed by atoms with E-state index in [0.717, 1.165) is 0 Å². The van der Waals surface area contributed by atoms with Crippen LogP contribution in [-0.4, -0.2) is 49.6 Å². The van der Waals surface area contributed by atoms with Crippen LogP contribution in [0.5, 0.6) is 0 Å². The van der Waals surface area contributed by atoms with Gasteiger partial charge in [0.2, 0.25) is 0 Å². The van der Waals surface area contributed by atoms with Crippen LogP contribution in [0.4, 0.5) is 0 Å². The van der Waals surface area contributed by atoms with Gasteiger partial charge in [-0.3, -0.25) is 0 Å². The minimum Gasteiger partial charge on any atom is -0.353 e. The molecule has 5 atom stereocenters. The Balaban J connectivity index is 1.76. The maximum atomic E-state index is 5.95. The van der Waals surface area contributed by atoms with E-state index in [9.17, 15) is 0 Å². The third-order valence-corrected chi connectivity index (χ3v) is 3.51. The van der Waals surface area contributed by atoms with E-state index >= 15 is 0 Å². The van der Waals surface area contributed by atoms with Crippen LogP contribution in [0.25, 0.3) is 0 Å². The maximum Gasteiger partial charge on any atom is 0.163 e. The minimum atomic E-state index is -0.483. The second-order valence-corrected chi connectivity index (χ2v) is 5.24. The topological polar surface area (TPSA) is 49.0 Å². The lowest BCUT2D eigenvalue weighted by molar-refractivity contribution is -0.159. The van der Waals surface area contributed by atoms with Crippen LogP contribution in [0.3, 0.4) is 0 Å². The molecule has 3 saturated heterocycles. The molecule has 1 N–H and O–H groups in total. The van der Waals surface area contributed by atoms with Gasteiger partial charge in [-0.15, -0.1) is 0 Å². The first-order valence-corrected chi connectivity index (χ1v) is 5.88. The average molecular weight is 229 g/mol. The van der Waals surface area contributed by atoms with Crippen molar-refractivity contribution in [2.75, 3.05) is 13.4 Å². The predicted molar refractivity (Wildman–Crippen MR) is 55.9 cm³/mol. The SMILES string of the molecule is C[C@@H]1N[C@@H](C2COCO2)[C@@H]2OC(C)(C)O[C@@H]21. The van der Waals surface area contributed by atoms with Crippen molar-refractivity contribution in [1.82, 2.24) is 5.32 Å². The van der Waals surface area contributed by atoms with Crippen LogP contribution in [0, 0.1) is 0 Å². The lowest BCUT2D eigenvalue weighted by Gasteiger charge is -2.25. The highest BCUT2D eigenvalue weighted by Crippen LogP contribution is 2.37. The lowest BCUT2D eigenvalue weighted by Crippen LogP contribution is -2.46. The van der Waals surface area contributed by atoms with Crippen molar-refractivity contribution < 1.29 is 18.9 Å². The Morgan fingerprint density at radius 1 is 1.19 bits per heavy atom. The van der Waals surface area contributed by atoms with Gasteiger partial charge in [-0.1, -0.05) is 0 Å². The molecule has 0 saturated carbocycles. The molecule has 0 aromatic heterocycles. The van der Waals surface area contributed by atoms with E-state index in [0.29, 0.717) is 19.4 Å². The fourth-order valence-corrected chi connectivity index (χ4v) is 2.85. The van der Waals surface area contributed by atoms with Gasteiger partial charge in [0, 0.05) is 6.04 Å². The Bertz CT molecular complexity index is 277. The van der Waals surface area contributed by atoms with E-state index in [1.165, 1.54) is 0 Å². The van der Waals surface area contributed by atoms with Crippen LogP contribution in [0.1, 0.15) is 20.8 Å². The van der Waals surface area contributed by atoms with Crippen LogP contribution in [0.2, 0.25) is 0 Å². The second kappa shape index (κ2) is 3.65. The van der Waals surface area contributed by atoms with Gasteiger partial charge in [0.05, 0.1) is 12.6 Å². The van der Waals surface area contributed by atoms with Gasteiger partial charge in [-0.05, 0) is 20.8 Å². The van der Waals surface area contributed by atoms with Gasteiger partial charge in [0.1, 0.15) is 25.1 Å². The Kier molecular flexibility index (Phi) is 2.49. The molecule has 5 nitrogen and oxygen atoms in total. The number of fused-ring (bicyclic) bond motifs is 1. The molecule has 0 radical (unpaired) electrons. The summed E-state index contributed by atoms with van der Waals surface area (Å²) >= 11 is 0. The molecule has 3 aliphatic rings. The zero-order valence-electron chi connectivity index (χ0n) is 9.93. The summed E-state index contributed by atoms with van der Waals surface area (Å²) in [6.45, 7) is 7.07. The van der Waals surface area contributed by atoms with Gasteiger partial charge in [0.25, 0.3) is 0 Å². The highest BCUT2D eigenvalue weighted by molar-refractivity contribution is 5.05. The van der Waals surface area contributed by atoms with Gasteiger partial charge in [-0.25, -0.2) is 0 Å². The van der Waals surface area contributed by atoms with E-state index in [1.807, 2.05) is 13.8 Å². The number of rotatable bonds is 1. The maximum absolute atomic E-state index is 5.95. The summed E-state index contributed by atoms with van der Waals surface area (Å²) in [7, 11) is 0. The number of hydrogen-bond donors (Lipinski definition) is 1. The molecule has 0 spiro atoms. The molecular weight excluding hydrogens is 210 g/mol. The summed E-state index contributed by atoms with van der Waals surface area (Å²) in [5.41, 5.74) is 0. The Hall–Kier alpha value is -0.200. The van der Waals surface area contributed by atoms with E-state index in [2.05, 4.69) is 12.2 Å². The summed E-state index contributed by atoms with van der Waals surface area (Å²) in [5.74, 6) is -0.483. The van der Waals surface area contributed by atoms with Crippen LogP contribution in [-0.2, 0) is 18.9 Å². The fraction of sp³-hybridized carbons (Fsp3) is 1.00. The first-order valence-electron chi connectivity index (χ1n) is 5.88. The normalized spacial score (nSPS) is 50.8. The summed E-state index contributed by atoms with van der Waals surface area (Å²) in [5, 5.41) is 3.48. The Morgan fingerprint density at radius 3 is 2.62 bits per heavy atom. The van der Waals surface area contributed by atoms with E-state index in [1.54, 1.807) is 0 Å². The summed E-state index contributed by atoms with van der Waals surface area (Å²) in [6, 6.07) is 0.463. The van der Waals surface area contributed by atoms with Gasteiger partial charge < -0.3 is 24.3 Å². The quantitative estimate of drug-likeness (QED) is 0.698. The van der Waals surface area contributed by atoms with Gasteiger partial charge in [0.15, 0.2) is 5.79 Å². The van der Waals surface area contributed by atoms with E-state index in [-0.39, 0.29) is 24.4 Å². The third-order valence-electron chi connectivity index (χ3n) is 3.51. The predicted octanol–water partition coefficient (Wildman–Crippen LogP) is 0.240. The van der Waals surface area contributed by atoms with Crippen LogP contribution < -0.4 is 5.32 Å². The van der Waals surface area contributed by atoms with E-state index in [4.69, 9.17) is 18.9 Å². The van der Waals surface area contributed by atoms with Crippen molar-refractivity contribution in [3.63, 3.8) is 0 Å². The summed E-state index contributed by atoms with van der Waals surface area (Å²) < 4.78 is 22.6. The first-order chi connectivity index (χ1) is 7.57. The van der Waals surface area contributed by atoms with Crippen LogP contribution >= 0.6 is 0 Å². The molecule has 16 heavy (non-hydrogen) atoms. The molecule has 0 aromatic rings. The largest absolute Gasteiger partial charge is 0.353 e. The molecule has 5 heteroatoms. The number of hydrogen-bond acceptors (Lipinski definition) is 5. The molecule has 3 rings (SSSR count). The van der Waals surface area contributed by atoms with Crippen molar-refractivity contribution in [2.24, 2.45) is 0 Å². The minimum absolute atomic E-state index is 0.0664. The van der Waals surface area contributed by atoms with Crippen molar-refractivity contribution in [3.8, 4) is 0 Å². The Morgan fingerprint density at radius 2 is 1.94 bits per heavy atom. The molecule has 3 heterocycles. The highest BCUT2D eigenvalue weighted by Gasteiger charge is 2.55. The molecule has 3 fully saturated rings. The zero-order chi connectivity index (χ0) is 11.3. The lowest BCUT2D eigenvalue weighted by atomic mass is 10.0. The highest BCUT2D eigenvalue weighted by atomic mass is 16.8. The van der Waals surface area contributed by atoms with Gasteiger partial charge in [-0.2, -0.15) is 0 Å². The molecule has 92 valence electrons. The second-order valence-electron chi connectivity index (χ2n) is 5.24. The van der Waals surface area contributed by atoms with Gasteiger partial charge >= 0.3 is 0 Å². The molecular formula is C11H19NO4. The standard InChI is InChI=1S/C11H19NO4/c1-6-9-10(16-11(2,3)15-9)8(12-6)7-4-13-5-14-7/h6-10,12H,4-5H2,1-3H3/t6-,7?,8-,9+,10-/m0/s1. The van der Waals surface area contributed by atoms with E-state index < -0.39 is 5.79 Å². The van der Waals surface area contributed by atoms with Crippen molar-refractivity contribution in [1.29, 1.82) is 0 Å². The molecule has 0 bridgehead atoms. The zero-order valence-corrected chi connectivity index (χ0v) is 9.93. The number of ether oxygens (including phenoxy) is 4. The molecule has 3 aliphatic heterocycles. The monoisotopic (exact) mass is 229 g/mol. The third kappa shape index (κ3) is 1.67. The van der Waals surface area contributed by atoms with Crippen molar-refractivity contribution in [3.05, 3.63) is 0 Å². The molecule has 0 aromatic carbocycles. The number of nitrogens with one attached hydrogen (secondary N) is 1. The average Bonchev–Trinajstić information content (AvgIpc) is 2.84. The smallest absolute Gasteiger partial charge is 0.163 e. The van der Waals surface area contributed by atoms with Crippen molar-refractivity contribution in [2.45, 2.75) is 57.0 Å². The first kappa shape index (κ1) is 10.9. The molecule has 0 aliphatic carbocycles. The van der Waals surface area contributed by atoms with Crippen LogP contribution in [0.15, 0.2) is 0 Å². The summed E-state index contributed by atoms with van der Waals surface area (Å²) in [6.07, 6.45) is 0.260. The molecule has 1 unspecified atom stereocenters. The Labute approximate surface area is 95.4 Å². The fourth-order valence-electron chi connectivity index (χ4n) is 2.85.